The third-order valence-corrected chi connectivity index (χ3v) is 2.77. The van der Waals surface area contributed by atoms with E-state index in [4.69, 9.17) is 5.73 Å². The summed E-state index contributed by atoms with van der Waals surface area (Å²) >= 11 is 3.40. The highest BCUT2D eigenvalue weighted by Crippen LogP contribution is 2.24. The molecule has 0 atom stereocenters. The fourth-order valence-corrected chi connectivity index (χ4v) is 1.73. The van der Waals surface area contributed by atoms with Gasteiger partial charge in [0.1, 0.15) is 0 Å². The lowest BCUT2D eigenvalue weighted by atomic mass is 10.1. The number of benzene rings is 1. The molecule has 0 aliphatic rings. The summed E-state index contributed by atoms with van der Waals surface area (Å²) in [6, 6.07) is 7.87. The van der Waals surface area contributed by atoms with E-state index in [0.29, 0.717) is 0 Å². The number of hydrogen-bond donors (Lipinski definition) is 2. The maximum absolute atomic E-state index is 5.92. The zero-order chi connectivity index (χ0) is 9.97. The van der Waals surface area contributed by atoms with Crippen molar-refractivity contribution in [2.75, 3.05) is 5.73 Å². The zero-order valence-electron chi connectivity index (χ0n) is 7.50. The van der Waals surface area contributed by atoms with Gasteiger partial charge in [-0.15, -0.1) is 0 Å². The number of hydrogen-bond acceptors (Lipinski definition) is 2. The third-order valence-electron chi connectivity index (χ3n) is 2.08. The molecule has 0 aliphatic heterocycles. The van der Waals surface area contributed by atoms with Gasteiger partial charge in [0, 0.05) is 28.5 Å². The number of halogens is 1. The Hall–Kier alpha value is -1.29. The molecule has 3 nitrogen and oxygen atoms in total. The summed E-state index contributed by atoms with van der Waals surface area (Å²) in [5.41, 5.74) is 8.88. The summed E-state index contributed by atoms with van der Waals surface area (Å²) in [6.45, 7) is 0. The molecule has 2 rings (SSSR count). The predicted molar refractivity (Wildman–Crippen MR) is 59.9 cm³/mol. The molecule has 4 heteroatoms. The normalized spacial score (nSPS) is 10.4. The molecule has 0 saturated heterocycles. The van der Waals surface area contributed by atoms with Crippen molar-refractivity contribution in [3.8, 4) is 0 Å². The van der Waals surface area contributed by atoms with Crippen molar-refractivity contribution < 1.29 is 0 Å². The van der Waals surface area contributed by atoms with Crippen molar-refractivity contribution in [1.29, 1.82) is 0 Å². The zero-order valence-corrected chi connectivity index (χ0v) is 9.08. The Kier molecular flexibility index (Phi) is 2.54. The minimum absolute atomic E-state index is 0.783. The summed E-state index contributed by atoms with van der Waals surface area (Å²) in [5, 5.41) is 6.80. The van der Waals surface area contributed by atoms with Crippen LogP contribution in [-0.2, 0) is 6.42 Å². The maximum Gasteiger partial charge on any atom is 0.0495 e. The van der Waals surface area contributed by atoms with Crippen molar-refractivity contribution in [1.82, 2.24) is 10.2 Å². The van der Waals surface area contributed by atoms with Crippen LogP contribution < -0.4 is 5.73 Å². The van der Waals surface area contributed by atoms with E-state index in [2.05, 4.69) is 26.1 Å². The van der Waals surface area contributed by atoms with E-state index in [-0.39, 0.29) is 0 Å². The maximum atomic E-state index is 5.92. The number of nitrogen functional groups attached to an aromatic ring is 1. The Balaban J connectivity index is 2.29. The molecule has 0 amide bonds. The van der Waals surface area contributed by atoms with Crippen LogP contribution in [0, 0.1) is 0 Å². The fourth-order valence-electron chi connectivity index (χ4n) is 1.32. The van der Waals surface area contributed by atoms with Crippen molar-refractivity contribution in [3.63, 3.8) is 0 Å². The Morgan fingerprint density at radius 3 is 2.93 bits per heavy atom. The Morgan fingerprint density at radius 1 is 1.36 bits per heavy atom. The van der Waals surface area contributed by atoms with E-state index < -0.39 is 0 Å². The van der Waals surface area contributed by atoms with Gasteiger partial charge in [0.2, 0.25) is 0 Å². The van der Waals surface area contributed by atoms with Crippen LogP contribution in [0.25, 0.3) is 0 Å². The van der Waals surface area contributed by atoms with Gasteiger partial charge in [-0.3, -0.25) is 5.10 Å². The number of nitrogens with two attached hydrogens (primary N) is 1. The number of nitrogens with one attached hydrogen (secondary N) is 1. The topological polar surface area (TPSA) is 54.7 Å². The summed E-state index contributed by atoms with van der Waals surface area (Å²) in [4.78, 5) is 0. The van der Waals surface area contributed by atoms with Crippen LogP contribution in [0.2, 0.25) is 0 Å². The average Bonchev–Trinajstić information content (AvgIpc) is 2.66. The molecule has 1 heterocycles. The number of H-pyrrole nitrogens is 1. The van der Waals surface area contributed by atoms with E-state index >= 15 is 0 Å². The summed E-state index contributed by atoms with van der Waals surface area (Å²) in [7, 11) is 0. The molecule has 0 aliphatic carbocycles. The van der Waals surface area contributed by atoms with Gasteiger partial charge in [-0.2, -0.15) is 5.10 Å². The average molecular weight is 252 g/mol. The second-order valence-electron chi connectivity index (χ2n) is 3.07. The molecule has 3 N–H and O–H groups in total. The van der Waals surface area contributed by atoms with E-state index in [1.165, 1.54) is 0 Å². The Bertz CT molecular complexity index is 423. The smallest absolute Gasteiger partial charge is 0.0495 e. The first-order chi connectivity index (χ1) is 6.77. The minimum Gasteiger partial charge on any atom is -0.398 e. The molecule has 72 valence electrons. The highest BCUT2D eigenvalue weighted by molar-refractivity contribution is 9.10. The van der Waals surface area contributed by atoms with E-state index in [1.54, 1.807) is 6.20 Å². The van der Waals surface area contributed by atoms with Crippen LogP contribution in [0.1, 0.15) is 11.3 Å². The van der Waals surface area contributed by atoms with E-state index in [1.807, 2.05) is 24.3 Å². The first kappa shape index (κ1) is 9.27. The van der Waals surface area contributed by atoms with Gasteiger partial charge in [0.15, 0.2) is 0 Å². The number of rotatable bonds is 2. The van der Waals surface area contributed by atoms with Crippen molar-refractivity contribution in [2.45, 2.75) is 6.42 Å². The summed E-state index contributed by atoms with van der Waals surface area (Å²) in [6.07, 6.45) is 2.52. The second kappa shape index (κ2) is 3.84. The van der Waals surface area contributed by atoms with E-state index in [9.17, 15) is 0 Å². The third kappa shape index (κ3) is 1.80. The fraction of sp³-hybridized carbons (Fsp3) is 0.100. The monoisotopic (exact) mass is 251 g/mol. The van der Waals surface area contributed by atoms with Crippen LogP contribution in [0.5, 0.6) is 0 Å². The predicted octanol–water partition coefficient (Wildman–Crippen LogP) is 2.35. The SMILES string of the molecule is Nc1c(Br)cccc1Cc1ccn[nH]1. The number of aromatic nitrogens is 2. The van der Waals surface area contributed by atoms with Crippen LogP contribution in [0.4, 0.5) is 5.69 Å². The highest BCUT2D eigenvalue weighted by atomic mass is 79.9. The van der Waals surface area contributed by atoms with Gasteiger partial charge in [0.05, 0.1) is 0 Å². The minimum atomic E-state index is 0.783. The molecule has 0 fully saturated rings. The molecule has 14 heavy (non-hydrogen) atoms. The lowest BCUT2D eigenvalue weighted by Crippen LogP contribution is -1.96. The van der Waals surface area contributed by atoms with Gasteiger partial charge in [-0.1, -0.05) is 12.1 Å². The van der Waals surface area contributed by atoms with Crippen molar-refractivity contribution in [3.05, 3.63) is 46.2 Å². The molecule has 1 aromatic heterocycles. The quantitative estimate of drug-likeness (QED) is 0.806. The standard InChI is InChI=1S/C10H10BrN3/c11-9-3-1-2-7(10(9)12)6-8-4-5-13-14-8/h1-5H,6,12H2,(H,13,14). The molecular formula is C10H10BrN3. The number of para-hydroxylation sites is 1. The first-order valence-electron chi connectivity index (χ1n) is 4.28. The Morgan fingerprint density at radius 2 is 2.21 bits per heavy atom. The molecular weight excluding hydrogens is 242 g/mol. The Labute approximate surface area is 90.5 Å². The van der Waals surface area contributed by atoms with Gasteiger partial charge >= 0.3 is 0 Å². The molecule has 0 spiro atoms. The molecule has 0 saturated carbocycles. The van der Waals surface area contributed by atoms with Crippen LogP contribution in [-0.4, -0.2) is 10.2 Å². The van der Waals surface area contributed by atoms with Crippen LogP contribution in [0.15, 0.2) is 34.9 Å². The van der Waals surface area contributed by atoms with Gasteiger partial charge in [-0.05, 0) is 33.6 Å². The number of anilines is 1. The second-order valence-corrected chi connectivity index (χ2v) is 3.93. The molecule has 2 aromatic rings. The molecule has 1 aromatic carbocycles. The van der Waals surface area contributed by atoms with Gasteiger partial charge < -0.3 is 5.73 Å². The largest absolute Gasteiger partial charge is 0.398 e. The lowest BCUT2D eigenvalue weighted by Gasteiger charge is -2.05. The summed E-state index contributed by atoms with van der Waals surface area (Å²) < 4.78 is 0.939. The molecule has 0 unspecified atom stereocenters. The van der Waals surface area contributed by atoms with Gasteiger partial charge in [0.25, 0.3) is 0 Å². The van der Waals surface area contributed by atoms with Crippen molar-refractivity contribution in [2.24, 2.45) is 0 Å². The molecule has 0 bridgehead atoms. The highest BCUT2D eigenvalue weighted by Gasteiger charge is 2.03. The summed E-state index contributed by atoms with van der Waals surface area (Å²) in [5.74, 6) is 0. The van der Waals surface area contributed by atoms with Crippen LogP contribution in [0.3, 0.4) is 0 Å². The first-order valence-corrected chi connectivity index (χ1v) is 5.08. The van der Waals surface area contributed by atoms with Gasteiger partial charge in [-0.25, -0.2) is 0 Å². The molecule has 0 radical (unpaired) electrons. The number of aromatic amines is 1. The van der Waals surface area contributed by atoms with E-state index in [0.717, 1.165) is 27.8 Å². The lowest BCUT2D eigenvalue weighted by molar-refractivity contribution is 0.997. The number of nitrogens with zero attached hydrogens (tertiary/aromatic N) is 1. The van der Waals surface area contributed by atoms with Crippen LogP contribution >= 0.6 is 15.9 Å². The van der Waals surface area contributed by atoms with Crippen molar-refractivity contribution >= 4 is 21.6 Å².